The normalized spacial score (nSPS) is 12.8. The maximum atomic E-state index is 12.7. The lowest BCUT2D eigenvalue weighted by molar-refractivity contribution is -0.139. The summed E-state index contributed by atoms with van der Waals surface area (Å²) in [4.78, 5) is 42.7. The largest absolute Gasteiger partial charge is 0.469 e. The number of H-pyrrole nitrogens is 1. The van der Waals surface area contributed by atoms with E-state index in [1.165, 1.54) is 13.2 Å². The van der Waals surface area contributed by atoms with Crippen molar-refractivity contribution in [2.24, 2.45) is 0 Å². The molecule has 7 nitrogen and oxygen atoms in total. The highest BCUT2D eigenvalue weighted by atomic mass is 32.2. The van der Waals surface area contributed by atoms with Gasteiger partial charge >= 0.3 is 5.97 Å². The molecule has 8 heteroatoms. The molecule has 0 bridgehead atoms. The van der Waals surface area contributed by atoms with E-state index in [1.807, 2.05) is 30.3 Å². The van der Waals surface area contributed by atoms with Gasteiger partial charge in [-0.05, 0) is 18.9 Å². The van der Waals surface area contributed by atoms with Crippen molar-refractivity contribution in [3.8, 4) is 0 Å². The van der Waals surface area contributed by atoms with Crippen LogP contribution in [0.3, 0.4) is 0 Å². The van der Waals surface area contributed by atoms with E-state index in [2.05, 4.69) is 26.9 Å². The molecule has 0 unspecified atom stereocenters. The molecule has 2 rings (SSSR count). The number of amides is 1. The number of carbonyl (C=O) groups is 2. The molecule has 1 amide bonds. The summed E-state index contributed by atoms with van der Waals surface area (Å²) in [6.07, 6.45) is 1.67. The van der Waals surface area contributed by atoms with E-state index >= 15 is 0 Å². The van der Waals surface area contributed by atoms with E-state index in [4.69, 9.17) is 0 Å². The van der Waals surface area contributed by atoms with Crippen LogP contribution in [0.15, 0.2) is 46.3 Å². The van der Waals surface area contributed by atoms with Gasteiger partial charge in [0.05, 0.1) is 30.5 Å². The van der Waals surface area contributed by atoms with Crippen LogP contribution in [0, 0.1) is 0 Å². The first-order valence-electron chi connectivity index (χ1n) is 9.12. The first-order valence-corrected chi connectivity index (χ1v) is 10.00. The van der Waals surface area contributed by atoms with Gasteiger partial charge in [-0.15, -0.1) is 0 Å². The van der Waals surface area contributed by atoms with Crippen LogP contribution in [-0.4, -0.2) is 34.2 Å². The van der Waals surface area contributed by atoms with Gasteiger partial charge in [0.15, 0.2) is 5.16 Å². The third-order valence-corrected chi connectivity index (χ3v) is 5.06. The zero-order valence-electron chi connectivity index (χ0n) is 16.2. The molecule has 0 aliphatic rings. The Kier molecular flexibility index (Phi) is 8.25. The van der Waals surface area contributed by atoms with Gasteiger partial charge < -0.3 is 15.0 Å². The molecule has 0 spiro atoms. The van der Waals surface area contributed by atoms with E-state index in [0.29, 0.717) is 10.9 Å². The van der Waals surface area contributed by atoms with Gasteiger partial charge in [-0.25, -0.2) is 4.98 Å². The smallest absolute Gasteiger partial charge is 0.311 e. The molecule has 0 saturated carbocycles. The molecular weight excluding hydrogens is 378 g/mol. The first-order chi connectivity index (χ1) is 13.4. The van der Waals surface area contributed by atoms with E-state index in [0.717, 1.165) is 30.2 Å². The highest BCUT2D eigenvalue weighted by molar-refractivity contribution is 8.00. The number of methoxy groups -OCH3 is 1. The fourth-order valence-electron chi connectivity index (χ4n) is 2.66. The summed E-state index contributed by atoms with van der Waals surface area (Å²) in [5.74, 6) is -0.626. The Bertz CT molecular complexity index is 854. The zero-order chi connectivity index (χ0) is 20.5. The van der Waals surface area contributed by atoms with Gasteiger partial charge in [0.25, 0.3) is 5.56 Å². The molecule has 2 atom stereocenters. The molecule has 0 aliphatic carbocycles. The van der Waals surface area contributed by atoms with Gasteiger partial charge in [0.2, 0.25) is 5.91 Å². The fourth-order valence-corrected chi connectivity index (χ4v) is 3.50. The summed E-state index contributed by atoms with van der Waals surface area (Å²) < 4.78 is 4.60. The number of hydrogen-bond acceptors (Lipinski definition) is 6. The van der Waals surface area contributed by atoms with Crippen LogP contribution in [0.2, 0.25) is 0 Å². The Morgan fingerprint density at radius 2 is 2.00 bits per heavy atom. The number of ether oxygens (including phenoxy) is 1. The summed E-state index contributed by atoms with van der Waals surface area (Å²) in [6.45, 7) is 3.82. The highest BCUT2D eigenvalue weighted by Crippen LogP contribution is 2.22. The maximum Gasteiger partial charge on any atom is 0.311 e. The lowest BCUT2D eigenvalue weighted by atomic mass is 10.0. The molecule has 1 heterocycles. The molecule has 0 radical (unpaired) electrons. The van der Waals surface area contributed by atoms with Gasteiger partial charge in [0, 0.05) is 6.07 Å². The van der Waals surface area contributed by atoms with Crippen molar-refractivity contribution in [3.05, 3.63) is 58.0 Å². The molecule has 0 saturated heterocycles. The van der Waals surface area contributed by atoms with E-state index in [-0.39, 0.29) is 23.9 Å². The number of nitrogens with one attached hydrogen (secondary N) is 2. The average Bonchev–Trinajstić information content (AvgIpc) is 2.67. The van der Waals surface area contributed by atoms with Crippen LogP contribution in [0.5, 0.6) is 0 Å². The summed E-state index contributed by atoms with van der Waals surface area (Å²) in [7, 11) is 1.27. The fraction of sp³-hybridized carbons (Fsp3) is 0.400. The van der Waals surface area contributed by atoms with Crippen LogP contribution in [0.1, 0.15) is 44.0 Å². The standard InChI is InChI=1S/C20H25N3O4S/c1-4-8-16(14-9-6-5-7-10-14)22-19(26)13(2)28-20-21-15(11-17(24)23-20)12-18(25)27-3/h5-7,9-11,13,16H,4,8,12H2,1-3H3,(H,22,26)(H,21,23,24)/t13-,16+/m1/s1. The molecule has 150 valence electrons. The predicted molar refractivity (Wildman–Crippen MR) is 108 cm³/mol. The number of rotatable bonds is 9. The van der Waals surface area contributed by atoms with Crippen molar-refractivity contribution in [3.63, 3.8) is 0 Å². The van der Waals surface area contributed by atoms with Crippen molar-refractivity contribution in [2.75, 3.05) is 7.11 Å². The Hall–Kier alpha value is -2.61. The molecule has 1 aromatic carbocycles. The van der Waals surface area contributed by atoms with E-state index < -0.39 is 11.2 Å². The maximum absolute atomic E-state index is 12.7. The van der Waals surface area contributed by atoms with Crippen molar-refractivity contribution < 1.29 is 14.3 Å². The molecule has 2 N–H and O–H groups in total. The molecule has 0 aliphatic heterocycles. The Morgan fingerprint density at radius 1 is 1.29 bits per heavy atom. The van der Waals surface area contributed by atoms with Crippen LogP contribution in [0.25, 0.3) is 0 Å². The lowest BCUT2D eigenvalue weighted by Crippen LogP contribution is -2.34. The summed E-state index contributed by atoms with van der Waals surface area (Å²) in [5, 5.41) is 2.89. The zero-order valence-corrected chi connectivity index (χ0v) is 17.0. The second-order valence-corrected chi connectivity index (χ2v) is 7.64. The van der Waals surface area contributed by atoms with E-state index in [1.54, 1.807) is 6.92 Å². The molecule has 1 aromatic heterocycles. The topological polar surface area (TPSA) is 101 Å². The lowest BCUT2D eigenvalue weighted by Gasteiger charge is -2.21. The average molecular weight is 404 g/mol. The second kappa shape index (κ2) is 10.7. The quantitative estimate of drug-likeness (QED) is 0.379. The molecule has 0 fully saturated rings. The van der Waals surface area contributed by atoms with Gasteiger partial charge in [-0.1, -0.05) is 55.4 Å². The molecular formula is C20H25N3O4S. The molecule has 28 heavy (non-hydrogen) atoms. The summed E-state index contributed by atoms with van der Waals surface area (Å²) >= 11 is 1.14. The number of aromatic nitrogens is 2. The van der Waals surface area contributed by atoms with Gasteiger partial charge in [-0.2, -0.15) is 0 Å². The molecule has 2 aromatic rings. The van der Waals surface area contributed by atoms with Crippen LogP contribution in [0.4, 0.5) is 0 Å². The minimum Gasteiger partial charge on any atom is -0.469 e. The van der Waals surface area contributed by atoms with Crippen molar-refractivity contribution >= 4 is 23.6 Å². The number of thioether (sulfide) groups is 1. The third kappa shape index (κ3) is 6.53. The minimum absolute atomic E-state index is 0.0700. The number of nitrogens with zero attached hydrogens (tertiary/aromatic N) is 1. The van der Waals surface area contributed by atoms with Crippen LogP contribution in [-0.2, 0) is 20.7 Å². The number of esters is 1. The summed E-state index contributed by atoms with van der Waals surface area (Å²) in [5.41, 5.74) is 0.984. The van der Waals surface area contributed by atoms with Crippen LogP contribution >= 0.6 is 11.8 Å². The monoisotopic (exact) mass is 403 g/mol. The Labute approximate surface area is 168 Å². The third-order valence-electron chi connectivity index (χ3n) is 4.08. The highest BCUT2D eigenvalue weighted by Gasteiger charge is 2.20. The van der Waals surface area contributed by atoms with Gasteiger partial charge in [0.1, 0.15) is 0 Å². The van der Waals surface area contributed by atoms with Crippen molar-refractivity contribution in [2.45, 2.75) is 49.6 Å². The number of aromatic amines is 1. The number of hydrogen-bond donors (Lipinski definition) is 2. The number of carbonyl (C=O) groups excluding carboxylic acids is 2. The Balaban J connectivity index is 2.07. The SMILES string of the molecule is CCC[C@H](NC(=O)[C@@H](C)Sc1nc(CC(=O)OC)cc(=O)[nH]1)c1ccccc1. The minimum atomic E-state index is -0.481. The number of benzene rings is 1. The van der Waals surface area contributed by atoms with Crippen molar-refractivity contribution in [1.29, 1.82) is 0 Å². The second-order valence-electron chi connectivity index (χ2n) is 6.32. The van der Waals surface area contributed by atoms with Crippen LogP contribution < -0.4 is 10.9 Å². The Morgan fingerprint density at radius 3 is 2.64 bits per heavy atom. The predicted octanol–water partition coefficient (Wildman–Crippen LogP) is 2.62. The summed E-state index contributed by atoms with van der Waals surface area (Å²) in [6, 6.07) is 11.0. The first kappa shape index (κ1) is 21.7. The van der Waals surface area contributed by atoms with E-state index in [9.17, 15) is 14.4 Å². The van der Waals surface area contributed by atoms with Gasteiger partial charge in [-0.3, -0.25) is 14.4 Å². The van der Waals surface area contributed by atoms with Crippen molar-refractivity contribution in [1.82, 2.24) is 15.3 Å².